The molecule has 0 radical (unpaired) electrons. The van der Waals surface area contributed by atoms with E-state index < -0.39 is 0 Å². The summed E-state index contributed by atoms with van der Waals surface area (Å²) in [6.07, 6.45) is 4.75. The molecule has 4 N–H and O–H groups in total. The summed E-state index contributed by atoms with van der Waals surface area (Å²) < 4.78 is 21.8. The van der Waals surface area contributed by atoms with Crippen LogP contribution in [0.4, 0.5) is 10.2 Å². The maximum atomic E-state index is 14.6. The molecule has 8 heteroatoms. The summed E-state index contributed by atoms with van der Waals surface area (Å²) in [7, 11) is 1.65. The fraction of sp³-hybridized carbons (Fsp3) is 0.333. The minimum Gasteiger partial charge on any atom is -0.497 e. The van der Waals surface area contributed by atoms with Crippen molar-refractivity contribution in [3.05, 3.63) is 71.7 Å². The molecule has 7 nitrogen and oxygen atoms in total. The Morgan fingerprint density at radius 1 is 1.11 bits per heavy atom. The fourth-order valence-electron chi connectivity index (χ4n) is 4.75. The number of nitrogens with one attached hydrogen (secondary N) is 1. The number of nitrogens with zero attached hydrogens (tertiary/aromatic N) is 3. The summed E-state index contributed by atoms with van der Waals surface area (Å²) in [5, 5.41) is 19.3. The number of anilines is 1. The number of aliphatic hydroxyl groups is 1. The van der Waals surface area contributed by atoms with E-state index in [9.17, 15) is 9.50 Å². The normalized spacial score (nSPS) is 18.1. The van der Waals surface area contributed by atoms with Crippen LogP contribution in [-0.2, 0) is 13.1 Å². The minimum absolute atomic E-state index is 0.151. The number of hydrogen-bond donors (Lipinski definition) is 3. The molecule has 0 unspecified atom stereocenters. The van der Waals surface area contributed by atoms with Gasteiger partial charge in [0.25, 0.3) is 0 Å². The average Bonchev–Trinajstić information content (AvgIpc) is 3.23. The molecule has 5 rings (SSSR count). The summed E-state index contributed by atoms with van der Waals surface area (Å²) in [5.74, 6) is 1.20. The first-order valence-corrected chi connectivity index (χ1v) is 12.0. The van der Waals surface area contributed by atoms with E-state index in [2.05, 4.69) is 10.3 Å². The second-order valence-electron chi connectivity index (χ2n) is 9.07. The van der Waals surface area contributed by atoms with E-state index >= 15 is 0 Å². The van der Waals surface area contributed by atoms with Crippen LogP contribution in [0.5, 0.6) is 5.75 Å². The van der Waals surface area contributed by atoms with E-state index in [1.807, 2.05) is 41.1 Å². The van der Waals surface area contributed by atoms with Crippen LogP contribution in [0.1, 0.15) is 36.8 Å². The fourth-order valence-corrected chi connectivity index (χ4v) is 4.75. The number of aromatic nitrogens is 3. The molecule has 35 heavy (non-hydrogen) atoms. The van der Waals surface area contributed by atoms with E-state index in [1.165, 1.54) is 6.07 Å². The van der Waals surface area contributed by atoms with Gasteiger partial charge in [0.15, 0.2) is 11.5 Å². The van der Waals surface area contributed by atoms with Gasteiger partial charge < -0.3 is 20.9 Å². The number of hydrogen-bond acceptors (Lipinski definition) is 6. The SMILES string of the molecule is COc1ccc(Cn2nc(N[C@H]3CC[C@H](O)CC3)c3c(-c4ccc(CN)c(F)c4)ccnc32)cc1. The molecule has 0 atom stereocenters. The molecule has 2 aromatic carbocycles. The van der Waals surface area contributed by atoms with Gasteiger partial charge in [-0.3, -0.25) is 0 Å². The highest BCUT2D eigenvalue weighted by atomic mass is 19.1. The predicted octanol–water partition coefficient (Wildman–Crippen LogP) is 4.47. The lowest BCUT2D eigenvalue weighted by atomic mass is 9.93. The second-order valence-corrected chi connectivity index (χ2v) is 9.07. The maximum Gasteiger partial charge on any atom is 0.160 e. The number of ether oxygens (including phenoxy) is 1. The Morgan fingerprint density at radius 2 is 1.89 bits per heavy atom. The van der Waals surface area contributed by atoms with Gasteiger partial charge in [0.1, 0.15) is 11.6 Å². The molecule has 0 saturated heterocycles. The maximum absolute atomic E-state index is 14.6. The van der Waals surface area contributed by atoms with Gasteiger partial charge in [-0.05, 0) is 66.6 Å². The highest BCUT2D eigenvalue weighted by Crippen LogP contribution is 2.35. The number of pyridine rings is 1. The summed E-state index contributed by atoms with van der Waals surface area (Å²) in [6, 6.07) is 15.1. The Labute approximate surface area is 203 Å². The van der Waals surface area contributed by atoms with E-state index in [0.29, 0.717) is 12.1 Å². The van der Waals surface area contributed by atoms with Crippen LogP contribution in [0.25, 0.3) is 22.2 Å². The zero-order chi connectivity index (χ0) is 24.4. The molecular weight excluding hydrogens is 445 g/mol. The molecule has 0 amide bonds. The van der Waals surface area contributed by atoms with E-state index in [0.717, 1.165) is 65.0 Å². The largest absolute Gasteiger partial charge is 0.497 e. The number of halogens is 1. The van der Waals surface area contributed by atoms with Crippen molar-refractivity contribution >= 4 is 16.9 Å². The van der Waals surface area contributed by atoms with Gasteiger partial charge >= 0.3 is 0 Å². The third-order valence-electron chi connectivity index (χ3n) is 6.75. The molecule has 4 aromatic rings. The van der Waals surface area contributed by atoms with Crippen molar-refractivity contribution in [1.29, 1.82) is 0 Å². The topological polar surface area (TPSA) is 98.2 Å². The van der Waals surface area contributed by atoms with Gasteiger partial charge in [0, 0.05) is 24.3 Å². The lowest BCUT2D eigenvalue weighted by molar-refractivity contribution is 0.126. The molecule has 0 bridgehead atoms. The van der Waals surface area contributed by atoms with Crippen molar-refractivity contribution in [2.45, 2.75) is 50.9 Å². The Kier molecular flexibility index (Phi) is 6.66. The highest BCUT2D eigenvalue weighted by Gasteiger charge is 2.23. The molecule has 0 aliphatic heterocycles. The Hall–Kier alpha value is -3.49. The molecular formula is C27H30FN5O2. The van der Waals surface area contributed by atoms with Crippen LogP contribution in [-0.4, -0.2) is 39.1 Å². The van der Waals surface area contributed by atoms with Gasteiger partial charge in [0.05, 0.1) is 25.1 Å². The quantitative estimate of drug-likeness (QED) is 0.365. The third kappa shape index (κ3) is 4.85. The van der Waals surface area contributed by atoms with Crippen LogP contribution < -0.4 is 15.8 Å². The standard InChI is InChI=1S/C27H30FN5O2/c1-35-22-10-2-17(3-11-22)16-33-27-25(26(32-33)31-20-6-8-21(34)9-7-20)23(12-13-30-27)18-4-5-19(15-29)24(28)14-18/h2-5,10-14,20-21,34H,6-9,15-16,29H2,1H3,(H,31,32)/t20-,21-. The van der Waals surface area contributed by atoms with Gasteiger partial charge in [-0.1, -0.05) is 24.3 Å². The van der Waals surface area contributed by atoms with Gasteiger partial charge in [-0.2, -0.15) is 5.10 Å². The predicted molar refractivity (Wildman–Crippen MR) is 135 cm³/mol. The van der Waals surface area contributed by atoms with Crippen LogP contribution in [0.2, 0.25) is 0 Å². The first-order valence-electron chi connectivity index (χ1n) is 12.0. The second kappa shape index (κ2) is 10.0. The van der Waals surface area contributed by atoms with Crippen molar-refractivity contribution in [1.82, 2.24) is 14.8 Å². The lowest BCUT2D eigenvalue weighted by Crippen LogP contribution is -2.28. The molecule has 1 fully saturated rings. The Bertz CT molecular complexity index is 1310. The third-order valence-corrected chi connectivity index (χ3v) is 6.75. The Morgan fingerprint density at radius 3 is 2.57 bits per heavy atom. The molecule has 1 aliphatic rings. The number of fused-ring (bicyclic) bond motifs is 1. The van der Waals surface area contributed by atoms with Crippen LogP contribution in [0.15, 0.2) is 54.7 Å². The van der Waals surface area contributed by atoms with E-state index in [1.54, 1.807) is 19.4 Å². The summed E-state index contributed by atoms with van der Waals surface area (Å²) in [6.45, 7) is 0.681. The minimum atomic E-state index is -0.323. The van der Waals surface area contributed by atoms with Crippen molar-refractivity contribution in [2.75, 3.05) is 12.4 Å². The van der Waals surface area contributed by atoms with Crippen LogP contribution in [0, 0.1) is 5.82 Å². The molecule has 1 aliphatic carbocycles. The number of rotatable bonds is 7. The van der Waals surface area contributed by atoms with E-state index in [-0.39, 0.29) is 24.5 Å². The number of benzene rings is 2. The zero-order valence-corrected chi connectivity index (χ0v) is 19.7. The molecule has 2 heterocycles. The van der Waals surface area contributed by atoms with Crippen LogP contribution in [0.3, 0.4) is 0 Å². The van der Waals surface area contributed by atoms with Gasteiger partial charge in [0.2, 0.25) is 0 Å². The lowest BCUT2D eigenvalue weighted by Gasteiger charge is -2.26. The van der Waals surface area contributed by atoms with E-state index in [4.69, 9.17) is 15.6 Å². The molecule has 182 valence electrons. The summed E-state index contributed by atoms with van der Waals surface area (Å²) >= 11 is 0. The van der Waals surface area contributed by atoms with Crippen molar-refractivity contribution in [2.24, 2.45) is 5.73 Å². The van der Waals surface area contributed by atoms with Crippen molar-refractivity contribution < 1.29 is 14.2 Å². The zero-order valence-electron chi connectivity index (χ0n) is 19.7. The van der Waals surface area contributed by atoms with Gasteiger partial charge in [-0.25, -0.2) is 14.1 Å². The first-order chi connectivity index (χ1) is 17.1. The van der Waals surface area contributed by atoms with Crippen LogP contribution >= 0.6 is 0 Å². The number of aliphatic hydroxyl groups excluding tert-OH is 1. The highest BCUT2D eigenvalue weighted by molar-refractivity contribution is 6.00. The number of methoxy groups -OCH3 is 1. The molecule has 2 aromatic heterocycles. The first kappa shape index (κ1) is 23.3. The number of nitrogens with two attached hydrogens (primary N) is 1. The summed E-state index contributed by atoms with van der Waals surface area (Å²) in [4.78, 5) is 4.66. The monoisotopic (exact) mass is 475 g/mol. The van der Waals surface area contributed by atoms with Gasteiger partial charge in [-0.15, -0.1) is 0 Å². The average molecular weight is 476 g/mol. The Balaban J connectivity index is 1.58. The smallest absolute Gasteiger partial charge is 0.160 e. The summed E-state index contributed by atoms with van der Waals surface area (Å²) in [5.41, 5.74) is 9.54. The van der Waals surface area contributed by atoms with Crippen molar-refractivity contribution in [3.63, 3.8) is 0 Å². The molecule has 0 spiro atoms. The molecule has 1 saturated carbocycles. The van der Waals surface area contributed by atoms with Crippen molar-refractivity contribution in [3.8, 4) is 16.9 Å².